The molecule has 2 atom stereocenters. The maximum Gasteiger partial charge on any atom is 0.305 e. The van der Waals surface area contributed by atoms with Crippen LogP contribution in [0.25, 0.3) is 0 Å². The first-order chi connectivity index (χ1) is 33.0. The molecule has 2 unspecified atom stereocenters. The third kappa shape index (κ3) is 53.3. The molecule has 0 rings (SSSR count). The first kappa shape index (κ1) is 65.1. The molecule has 6 heteroatoms. The lowest BCUT2D eigenvalue weighted by Gasteiger charge is -2.20. The number of unbranched alkanes of at least 4 members (excludes halogenated alkanes) is 40. The number of ether oxygens (including phenoxy) is 1. The Labute approximate surface area is 417 Å². The van der Waals surface area contributed by atoms with Gasteiger partial charge >= 0.3 is 5.97 Å². The average Bonchev–Trinajstić information content (AvgIpc) is 3.33. The van der Waals surface area contributed by atoms with E-state index < -0.39 is 12.1 Å². The van der Waals surface area contributed by atoms with Crippen LogP contribution in [-0.2, 0) is 14.3 Å². The predicted octanol–water partition coefficient (Wildman–Crippen LogP) is 18.4. The highest BCUT2D eigenvalue weighted by Crippen LogP contribution is 2.17. The number of hydrogen-bond acceptors (Lipinski definition) is 5. The summed E-state index contributed by atoms with van der Waals surface area (Å²) >= 11 is 0. The van der Waals surface area contributed by atoms with Gasteiger partial charge in [-0.25, -0.2) is 0 Å². The lowest BCUT2D eigenvalue weighted by Crippen LogP contribution is -2.45. The molecular weight excluding hydrogens is 827 g/mol. The van der Waals surface area contributed by atoms with Crippen LogP contribution in [-0.4, -0.2) is 47.4 Å². The van der Waals surface area contributed by atoms with E-state index in [0.29, 0.717) is 19.4 Å². The molecule has 0 aromatic carbocycles. The number of aliphatic hydroxyl groups is 2. The minimum atomic E-state index is -0.862. The lowest BCUT2D eigenvalue weighted by atomic mass is 10.0. The Bertz CT molecular complexity index is 1090. The molecule has 0 radical (unpaired) electrons. The highest BCUT2D eigenvalue weighted by atomic mass is 16.5. The third-order valence-electron chi connectivity index (χ3n) is 13.6. The fraction of sp³-hybridized carbons (Fsp3) is 0.869. The van der Waals surface area contributed by atoms with Crippen molar-refractivity contribution < 1.29 is 24.5 Å². The van der Waals surface area contributed by atoms with E-state index in [0.717, 1.165) is 83.5 Å². The number of amides is 1. The quantitative estimate of drug-likeness (QED) is 0.0321. The van der Waals surface area contributed by atoms with Crippen molar-refractivity contribution in [3.8, 4) is 0 Å². The highest BCUT2D eigenvalue weighted by Gasteiger charge is 2.18. The predicted molar refractivity (Wildman–Crippen MR) is 292 cm³/mol. The molecule has 0 fully saturated rings. The number of nitrogens with one attached hydrogen (secondary N) is 1. The topological polar surface area (TPSA) is 95.9 Å². The molecule has 0 bridgehead atoms. The molecule has 394 valence electrons. The summed E-state index contributed by atoms with van der Waals surface area (Å²) in [6.07, 6.45) is 70.3. The molecular formula is C61H115NO5. The van der Waals surface area contributed by atoms with Crippen LogP contribution in [0.3, 0.4) is 0 Å². The molecule has 6 nitrogen and oxygen atoms in total. The van der Waals surface area contributed by atoms with Crippen LogP contribution in [0.1, 0.15) is 316 Å². The summed E-state index contributed by atoms with van der Waals surface area (Å²) in [6, 6.07) is -0.648. The zero-order chi connectivity index (χ0) is 48.6. The Morgan fingerprint density at radius 1 is 0.403 bits per heavy atom. The summed E-state index contributed by atoms with van der Waals surface area (Å²) in [5, 5.41) is 23.2. The van der Waals surface area contributed by atoms with E-state index in [4.69, 9.17) is 4.74 Å². The first-order valence-electron chi connectivity index (χ1n) is 29.8. The Kier molecular flexibility index (Phi) is 55.0. The Hall–Kier alpha value is -1.92. The van der Waals surface area contributed by atoms with Gasteiger partial charge in [-0.3, -0.25) is 9.59 Å². The van der Waals surface area contributed by atoms with E-state index in [1.807, 2.05) is 6.08 Å². The summed E-state index contributed by atoms with van der Waals surface area (Å²) in [4.78, 5) is 24.5. The number of rotatable bonds is 55. The van der Waals surface area contributed by atoms with Crippen LogP contribution in [0.4, 0.5) is 0 Å². The van der Waals surface area contributed by atoms with Gasteiger partial charge in [0.15, 0.2) is 0 Å². The van der Waals surface area contributed by atoms with Gasteiger partial charge in [0, 0.05) is 12.8 Å². The summed E-state index contributed by atoms with van der Waals surface area (Å²) < 4.78 is 5.45. The number of esters is 1. The van der Waals surface area contributed by atoms with Gasteiger partial charge in [-0.1, -0.05) is 249 Å². The second kappa shape index (κ2) is 56.7. The zero-order valence-electron chi connectivity index (χ0n) is 44.9. The molecule has 0 saturated heterocycles. The molecule has 0 heterocycles. The molecule has 0 aliphatic heterocycles. The van der Waals surface area contributed by atoms with Crippen LogP contribution >= 0.6 is 0 Å². The monoisotopic (exact) mass is 942 g/mol. The second-order valence-electron chi connectivity index (χ2n) is 20.3. The molecule has 0 spiro atoms. The number of carbonyl (C=O) groups is 2. The maximum absolute atomic E-state index is 12.5. The van der Waals surface area contributed by atoms with Gasteiger partial charge in [-0.15, -0.1) is 0 Å². The lowest BCUT2D eigenvalue weighted by molar-refractivity contribution is -0.143. The van der Waals surface area contributed by atoms with E-state index in [2.05, 4.69) is 43.5 Å². The van der Waals surface area contributed by atoms with E-state index in [1.54, 1.807) is 6.08 Å². The molecule has 0 aromatic heterocycles. The van der Waals surface area contributed by atoms with E-state index in [9.17, 15) is 19.8 Å². The van der Waals surface area contributed by atoms with Crippen molar-refractivity contribution in [2.75, 3.05) is 13.2 Å². The fourth-order valence-corrected chi connectivity index (χ4v) is 9.03. The second-order valence-corrected chi connectivity index (χ2v) is 20.3. The van der Waals surface area contributed by atoms with Crippen molar-refractivity contribution in [3.05, 3.63) is 36.5 Å². The number of carbonyl (C=O) groups excluding carboxylic acids is 2. The minimum Gasteiger partial charge on any atom is -0.466 e. The normalized spacial score (nSPS) is 12.8. The number of allylic oxidation sites excluding steroid dienone is 5. The van der Waals surface area contributed by atoms with Crippen molar-refractivity contribution in [3.63, 3.8) is 0 Å². The van der Waals surface area contributed by atoms with Crippen LogP contribution in [0, 0.1) is 0 Å². The van der Waals surface area contributed by atoms with Crippen LogP contribution in [0.2, 0.25) is 0 Å². The van der Waals surface area contributed by atoms with Crippen molar-refractivity contribution in [2.45, 2.75) is 328 Å². The van der Waals surface area contributed by atoms with Crippen LogP contribution < -0.4 is 5.32 Å². The molecule has 3 N–H and O–H groups in total. The molecule has 0 saturated carbocycles. The van der Waals surface area contributed by atoms with Crippen molar-refractivity contribution >= 4 is 11.9 Å². The van der Waals surface area contributed by atoms with Crippen LogP contribution in [0.5, 0.6) is 0 Å². The summed E-state index contributed by atoms with van der Waals surface area (Å²) in [5.74, 6) is -0.123. The summed E-state index contributed by atoms with van der Waals surface area (Å²) in [7, 11) is 0. The van der Waals surface area contributed by atoms with E-state index in [1.165, 1.54) is 205 Å². The van der Waals surface area contributed by atoms with Crippen molar-refractivity contribution in [1.29, 1.82) is 0 Å². The van der Waals surface area contributed by atoms with Crippen molar-refractivity contribution in [1.82, 2.24) is 5.32 Å². The van der Waals surface area contributed by atoms with Gasteiger partial charge in [-0.05, 0) is 89.9 Å². The highest BCUT2D eigenvalue weighted by molar-refractivity contribution is 5.76. The van der Waals surface area contributed by atoms with Gasteiger partial charge in [0.25, 0.3) is 0 Å². The molecule has 0 aromatic rings. The average molecular weight is 943 g/mol. The Balaban J connectivity index is 3.53. The standard InChI is InChI=1S/C61H115NO5/c1-3-5-7-9-11-13-15-17-19-21-22-23-24-25-26-27-29-33-37-41-45-49-53-59(64)58(57-63)62-60(65)54-50-46-42-38-34-31-32-36-40-44-48-52-56-67-61(66)55-51-47-43-39-35-30-28-20-18-16-14-12-10-8-6-4-2/h20,28,32,36,49,53,58-59,63-64H,3-19,21-27,29-31,33-35,37-48,50-52,54-57H2,1-2H3,(H,62,65)/b28-20-,36-32-,53-49+. The molecule has 67 heavy (non-hydrogen) atoms. The van der Waals surface area contributed by atoms with Gasteiger partial charge in [-0.2, -0.15) is 0 Å². The van der Waals surface area contributed by atoms with Crippen molar-refractivity contribution in [2.24, 2.45) is 0 Å². The largest absolute Gasteiger partial charge is 0.466 e. The van der Waals surface area contributed by atoms with E-state index in [-0.39, 0.29) is 18.5 Å². The van der Waals surface area contributed by atoms with E-state index >= 15 is 0 Å². The Morgan fingerprint density at radius 3 is 1.06 bits per heavy atom. The van der Waals surface area contributed by atoms with Gasteiger partial charge in [0.05, 0.1) is 25.4 Å². The van der Waals surface area contributed by atoms with Gasteiger partial charge in [0.2, 0.25) is 5.91 Å². The third-order valence-corrected chi connectivity index (χ3v) is 13.6. The Morgan fingerprint density at radius 2 is 0.701 bits per heavy atom. The van der Waals surface area contributed by atoms with Crippen LogP contribution in [0.15, 0.2) is 36.5 Å². The molecule has 0 aliphatic carbocycles. The minimum absolute atomic E-state index is 0.0314. The SMILES string of the molecule is CCCCCCCCC/C=C\CCCCCCCC(=O)OCCCCC/C=C\CCCCCCCC(=O)NC(CO)C(O)/C=C/CCCCCCCCCCCCCCCCCCCCCC. The summed E-state index contributed by atoms with van der Waals surface area (Å²) in [5.41, 5.74) is 0. The zero-order valence-corrected chi connectivity index (χ0v) is 44.9. The molecule has 1 amide bonds. The number of hydrogen-bond donors (Lipinski definition) is 3. The van der Waals surface area contributed by atoms with Gasteiger partial charge < -0.3 is 20.3 Å². The fourth-order valence-electron chi connectivity index (χ4n) is 9.03. The number of aliphatic hydroxyl groups excluding tert-OH is 2. The van der Waals surface area contributed by atoms with Gasteiger partial charge in [0.1, 0.15) is 0 Å². The smallest absolute Gasteiger partial charge is 0.305 e. The summed E-state index contributed by atoms with van der Waals surface area (Å²) in [6.45, 7) is 4.85. The first-order valence-corrected chi connectivity index (χ1v) is 29.8. The molecule has 0 aliphatic rings. The maximum atomic E-state index is 12.5.